The molecule has 0 rings (SSSR count). The van der Waals surface area contributed by atoms with E-state index in [9.17, 15) is 14.3 Å². The maximum Gasteiger partial charge on any atom is 0.329 e. The Morgan fingerprint density at radius 3 is 1.85 bits per heavy atom. The average molecular weight is 494 g/mol. The van der Waals surface area contributed by atoms with Gasteiger partial charge in [0.15, 0.2) is 0 Å². The van der Waals surface area contributed by atoms with Crippen molar-refractivity contribution in [3.05, 3.63) is 0 Å². The Labute approximate surface area is 203 Å². The summed E-state index contributed by atoms with van der Waals surface area (Å²) in [7, 11) is -1.99. The Bertz CT molecular complexity index is 492. The zero-order chi connectivity index (χ0) is 24.6. The van der Waals surface area contributed by atoms with Crippen LogP contribution in [0, 0.1) is 0 Å². The fourth-order valence-corrected chi connectivity index (χ4v) is 4.55. The second kappa shape index (κ2) is 23.3. The molecule has 33 heavy (non-hydrogen) atoms. The molecule has 2 unspecified atom stereocenters. The van der Waals surface area contributed by atoms with Crippen LogP contribution in [0.2, 0.25) is 0 Å². The van der Waals surface area contributed by atoms with Gasteiger partial charge in [-0.3, -0.25) is 9.36 Å². The summed E-state index contributed by atoms with van der Waals surface area (Å²) < 4.78 is 28.0. The van der Waals surface area contributed by atoms with Crippen LogP contribution in [0.4, 0.5) is 0 Å². The number of nitrogens with one attached hydrogen (secondary N) is 1. The van der Waals surface area contributed by atoms with Crippen LogP contribution in [0.25, 0.3) is 0 Å². The zero-order valence-corrected chi connectivity index (χ0v) is 22.5. The van der Waals surface area contributed by atoms with Gasteiger partial charge >= 0.3 is 13.6 Å². The van der Waals surface area contributed by atoms with E-state index in [-0.39, 0.29) is 31.8 Å². The minimum Gasteiger partial charge on any atom is -0.457 e. The van der Waals surface area contributed by atoms with Crippen LogP contribution >= 0.6 is 7.60 Å². The van der Waals surface area contributed by atoms with Crippen molar-refractivity contribution in [1.82, 2.24) is 5.32 Å². The van der Waals surface area contributed by atoms with Crippen molar-refractivity contribution in [1.29, 1.82) is 0 Å². The van der Waals surface area contributed by atoms with Gasteiger partial charge in [-0.15, -0.1) is 0 Å². The molecule has 198 valence electrons. The molecular formula is C25H52NO6P. The molecule has 7 nitrogen and oxygen atoms in total. The lowest BCUT2D eigenvalue weighted by molar-refractivity contribution is -0.153. The van der Waals surface area contributed by atoms with Crippen LogP contribution in [0.1, 0.15) is 110 Å². The number of ether oxygens (including phenoxy) is 2. The number of carbonyl (C=O) groups is 1. The molecule has 0 aliphatic heterocycles. The molecule has 0 amide bonds. The summed E-state index contributed by atoms with van der Waals surface area (Å²) in [4.78, 5) is 21.4. The minimum atomic E-state index is -3.70. The van der Waals surface area contributed by atoms with Crippen molar-refractivity contribution < 1.29 is 28.3 Å². The number of hydrogen-bond donors (Lipinski definition) is 2. The highest BCUT2D eigenvalue weighted by Crippen LogP contribution is 2.41. The smallest absolute Gasteiger partial charge is 0.329 e. The van der Waals surface area contributed by atoms with Crippen LogP contribution in [-0.4, -0.2) is 56.5 Å². The molecule has 0 aliphatic rings. The van der Waals surface area contributed by atoms with Crippen LogP contribution in [-0.2, 0) is 23.4 Å². The first-order chi connectivity index (χ1) is 15.9. The number of rotatable bonds is 25. The third-order valence-electron chi connectivity index (χ3n) is 5.64. The van der Waals surface area contributed by atoms with Gasteiger partial charge in [-0.2, -0.15) is 0 Å². The first-order valence-electron chi connectivity index (χ1n) is 13.3. The monoisotopic (exact) mass is 493 g/mol. The second-order valence-corrected chi connectivity index (χ2v) is 10.9. The topological polar surface area (TPSA) is 94.1 Å². The SMILES string of the molecule is CCCCCCCCCCCCCCCCOCC(COP(=O)(O)CCNC)OC(=O)CC. The molecule has 0 spiro atoms. The zero-order valence-electron chi connectivity index (χ0n) is 21.7. The van der Waals surface area contributed by atoms with Crippen molar-refractivity contribution in [3.63, 3.8) is 0 Å². The number of unbranched alkanes of at least 4 members (excludes halogenated alkanes) is 13. The number of esters is 1. The number of hydrogen-bond acceptors (Lipinski definition) is 6. The molecule has 0 aromatic rings. The van der Waals surface area contributed by atoms with Gasteiger partial charge < -0.3 is 24.2 Å². The van der Waals surface area contributed by atoms with E-state index in [0.29, 0.717) is 13.2 Å². The normalized spacial score (nSPS) is 14.2. The van der Waals surface area contributed by atoms with Gasteiger partial charge in [0.2, 0.25) is 0 Å². The average Bonchev–Trinajstić information content (AvgIpc) is 2.80. The van der Waals surface area contributed by atoms with E-state index in [1.807, 2.05) is 0 Å². The van der Waals surface area contributed by atoms with Gasteiger partial charge in [0.05, 0.1) is 19.4 Å². The lowest BCUT2D eigenvalue weighted by atomic mass is 10.0. The second-order valence-electron chi connectivity index (χ2n) is 8.90. The van der Waals surface area contributed by atoms with E-state index < -0.39 is 13.7 Å². The molecule has 0 aromatic carbocycles. The maximum atomic E-state index is 12.0. The summed E-state index contributed by atoms with van der Waals surface area (Å²) in [5, 5.41) is 2.82. The Morgan fingerprint density at radius 2 is 1.36 bits per heavy atom. The van der Waals surface area contributed by atoms with Gasteiger partial charge in [0.1, 0.15) is 6.10 Å². The molecule has 8 heteroatoms. The van der Waals surface area contributed by atoms with Gasteiger partial charge in [0.25, 0.3) is 0 Å². The van der Waals surface area contributed by atoms with Gasteiger partial charge in [-0.25, -0.2) is 0 Å². The van der Waals surface area contributed by atoms with E-state index in [4.69, 9.17) is 14.0 Å². The van der Waals surface area contributed by atoms with Crippen molar-refractivity contribution in [2.24, 2.45) is 0 Å². The first-order valence-corrected chi connectivity index (χ1v) is 15.1. The highest BCUT2D eigenvalue weighted by Gasteiger charge is 2.23. The summed E-state index contributed by atoms with van der Waals surface area (Å²) >= 11 is 0. The largest absolute Gasteiger partial charge is 0.457 e. The third-order valence-corrected chi connectivity index (χ3v) is 6.98. The first kappa shape index (κ1) is 32.5. The number of carbonyl (C=O) groups excluding carboxylic acids is 1. The highest BCUT2D eigenvalue weighted by molar-refractivity contribution is 7.52. The molecule has 0 radical (unpaired) electrons. The molecular weight excluding hydrogens is 441 g/mol. The highest BCUT2D eigenvalue weighted by atomic mass is 31.2. The van der Waals surface area contributed by atoms with Gasteiger partial charge in [-0.1, -0.05) is 97.3 Å². The Balaban J connectivity index is 3.73. The molecule has 2 N–H and O–H groups in total. The Kier molecular flexibility index (Phi) is 23.0. The predicted molar refractivity (Wildman–Crippen MR) is 136 cm³/mol. The standard InChI is InChI=1S/C25H52NO6P/c1-4-6-7-8-9-10-11-12-13-14-15-16-17-18-20-30-22-24(32-25(27)5-2)23-31-33(28,29)21-19-26-3/h24,26H,4-23H2,1-3H3,(H,28,29). The summed E-state index contributed by atoms with van der Waals surface area (Å²) in [5.41, 5.74) is 0. The molecule has 0 saturated heterocycles. The summed E-state index contributed by atoms with van der Waals surface area (Å²) in [6.07, 6.45) is 17.9. The lowest BCUT2D eigenvalue weighted by Crippen LogP contribution is -2.28. The Morgan fingerprint density at radius 1 is 0.848 bits per heavy atom. The third kappa shape index (κ3) is 23.1. The van der Waals surface area contributed by atoms with E-state index in [1.54, 1.807) is 14.0 Å². The van der Waals surface area contributed by atoms with Crippen molar-refractivity contribution >= 4 is 13.6 Å². The summed E-state index contributed by atoms with van der Waals surface area (Å²) in [5.74, 6) is -0.369. The quantitative estimate of drug-likeness (QED) is 0.0884. The molecule has 0 fully saturated rings. The molecule has 0 heterocycles. The molecule has 0 bridgehead atoms. The lowest BCUT2D eigenvalue weighted by Gasteiger charge is -2.20. The van der Waals surface area contributed by atoms with E-state index in [0.717, 1.165) is 12.8 Å². The minimum absolute atomic E-state index is 0.0118. The maximum absolute atomic E-state index is 12.0. The molecule has 0 aromatic heterocycles. The van der Waals surface area contributed by atoms with Crippen LogP contribution in [0.5, 0.6) is 0 Å². The van der Waals surface area contributed by atoms with Gasteiger partial charge in [-0.05, 0) is 13.5 Å². The fraction of sp³-hybridized carbons (Fsp3) is 0.960. The van der Waals surface area contributed by atoms with Crippen LogP contribution in [0.15, 0.2) is 0 Å². The molecule has 0 saturated carbocycles. The molecule has 2 atom stereocenters. The van der Waals surface area contributed by atoms with Crippen molar-refractivity contribution in [3.8, 4) is 0 Å². The fourth-order valence-electron chi connectivity index (χ4n) is 3.52. The van der Waals surface area contributed by atoms with Crippen molar-refractivity contribution in [2.75, 3.05) is 39.6 Å². The summed E-state index contributed by atoms with van der Waals surface area (Å²) in [6.45, 7) is 4.98. The van der Waals surface area contributed by atoms with Gasteiger partial charge in [0, 0.05) is 19.6 Å². The van der Waals surface area contributed by atoms with Crippen LogP contribution < -0.4 is 5.32 Å². The van der Waals surface area contributed by atoms with E-state index in [1.165, 1.54) is 77.0 Å². The van der Waals surface area contributed by atoms with Crippen LogP contribution in [0.3, 0.4) is 0 Å². The summed E-state index contributed by atoms with van der Waals surface area (Å²) in [6, 6.07) is 0. The van der Waals surface area contributed by atoms with E-state index in [2.05, 4.69) is 12.2 Å². The molecule has 0 aliphatic carbocycles. The van der Waals surface area contributed by atoms with E-state index >= 15 is 0 Å². The predicted octanol–water partition coefficient (Wildman–Crippen LogP) is 6.23. The van der Waals surface area contributed by atoms with Crippen molar-refractivity contribution in [2.45, 2.75) is 116 Å². The Hall–Kier alpha value is -0.460.